The molecule has 0 aliphatic rings. The average molecular weight is 333 g/mol. The van der Waals surface area contributed by atoms with Crippen LogP contribution in [0.25, 0.3) is 5.69 Å². The van der Waals surface area contributed by atoms with E-state index < -0.39 is 10.0 Å². The molecule has 0 saturated carbocycles. The van der Waals surface area contributed by atoms with Crippen molar-refractivity contribution in [3.8, 4) is 5.69 Å². The number of nitrogens with zero attached hydrogens (tertiary/aromatic N) is 2. The van der Waals surface area contributed by atoms with E-state index in [0.717, 1.165) is 17.1 Å². The summed E-state index contributed by atoms with van der Waals surface area (Å²) in [5, 5.41) is 4.50. The summed E-state index contributed by atoms with van der Waals surface area (Å²) in [6, 6.07) is 11.6. The van der Waals surface area contributed by atoms with Gasteiger partial charge in [-0.25, -0.2) is 17.8 Å². The number of nitrogens with one attached hydrogen (secondary N) is 1. The van der Waals surface area contributed by atoms with Crippen molar-refractivity contribution in [3.05, 3.63) is 59.9 Å². The average Bonchev–Trinajstić information content (AvgIpc) is 2.78. The van der Waals surface area contributed by atoms with Crippen molar-refractivity contribution in [3.63, 3.8) is 0 Å². The summed E-state index contributed by atoms with van der Waals surface area (Å²) < 4.78 is 28.6. The van der Waals surface area contributed by atoms with Crippen molar-refractivity contribution < 1.29 is 8.42 Å². The third-order valence-electron chi connectivity index (χ3n) is 3.24. The predicted molar refractivity (Wildman–Crippen MR) is 93.2 cm³/mol. The SMILES string of the molecule is C=C(C)CS(=O)(=O)NC(C)Cc1cc(C)nn1-c1ccccc1. The van der Waals surface area contributed by atoms with Crippen molar-refractivity contribution >= 4 is 10.0 Å². The van der Waals surface area contributed by atoms with Crippen LogP contribution in [0.1, 0.15) is 25.2 Å². The molecule has 0 aliphatic carbocycles. The quantitative estimate of drug-likeness (QED) is 0.792. The van der Waals surface area contributed by atoms with Crippen molar-refractivity contribution in [1.29, 1.82) is 0 Å². The third kappa shape index (κ3) is 5.04. The van der Waals surface area contributed by atoms with E-state index in [0.29, 0.717) is 12.0 Å². The van der Waals surface area contributed by atoms with Gasteiger partial charge in [0.05, 0.1) is 17.1 Å². The Morgan fingerprint density at radius 3 is 2.61 bits per heavy atom. The molecule has 2 rings (SSSR count). The van der Waals surface area contributed by atoms with E-state index in [4.69, 9.17) is 0 Å². The molecule has 124 valence electrons. The van der Waals surface area contributed by atoms with Gasteiger partial charge in [0.1, 0.15) is 0 Å². The van der Waals surface area contributed by atoms with Crippen LogP contribution < -0.4 is 4.72 Å². The Morgan fingerprint density at radius 1 is 1.35 bits per heavy atom. The van der Waals surface area contributed by atoms with Gasteiger partial charge in [0.2, 0.25) is 10.0 Å². The molecule has 1 heterocycles. The van der Waals surface area contributed by atoms with Crippen LogP contribution in [0, 0.1) is 6.92 Å². The first-order valence-electron chi connectivity index (χ1n) is 7.52. The van der Waals surface area contributed by atoms with Gasteiger partial charge in [-0.1, -0.05) is 30.4 Å². The molecule has 23 heavy (non-hydrogen) atoms. The summed E-state index contributed by atoms with van der Waals surface area (Å²) in [6.45, 7) is 9.15. The zero-order valence-electron chi connectivity index (χ0n) is 13.8. The fourth-order valence-corrected chi connectivity index (χ4v) is 3.95. The zero-order valence-corrected chi connectivity index (χ0v) is 14.6. The highest BCUT2D eigenvalue weighted by molar-refractivity contribution is 7.89. The first-order chi connectivity index (χ1) is 10.8. The molecule has 0 saturated heterocycles. The van der Waals surface area contributed by atoms with E-state index in [-0.39, 0.29) is 11.8 Å². The number of hydrogen-bond acceptors (Lipinski definition) is 3. The van der Waals surface area contributed by atoms with Gasteiger partial charge < -0.3 is 0 Å². The molecule has 0 aliphatic heterocycles. The molecule has 1 N–H and O–H groups in total. The predicted octanol–water partition coefficient (Wildman–Crippen LogP) is 2.61. The van der Waals surface area contributed by atoms with Gasteiger partial charge in [0.15, 0.2) is 0 Å². The molecule has 2 aromatic rings. The molecular formula is C17H23N3O2S. The lowest BCUT2D eigenvalue weighted by Crippen LogP contribution is -2.36. The van der Waals surface area contributed by atoms with Gasteiger partial charge in [-0.2, -0.15) is 5.10 Å². The second kappa shape index (κ2) is 7.10. The summed E-state index contributed by atoms with van der Waals surface area (Å²) in [6.07, 6.45) is 0.561. The number of benzene rings is 1. The minimum atomic E-state index is -3.35. The van der Waals surface area contributed by atoms with Crippen LogP contribution >= 0.6 is 0 Å². The van der Waals surface area contributed by atoms with Crippen LogP contribution in [0.5, 0.6) is 0 Å². The lowest BCUT2D eigenvalue weighted by atomic mass is 10.2. The van der Waals surface area contributed by atoms with Crippen molar-refractivity contribution in [1.82, 2.24) is 14.5 Å². The van der Waals surface area contributed by atoms with Gasteiger partial charge in [0, 0.05) is 18.2 Å². The highest BCUT2D eigenvalue weighted by Crippen LogP contribution is 2.14. The fourth-order valence-electron chi connectivity index (χ4n) is 2.52. The molecule has 5 nitrogen and oxygen atoms in total. The normalized spacial score (nSPS) is 13.0. The second-order valence-corrected chi connectivity index (χ2v) is 7.72. The van der Waals surface area contributed by atoms with E-state index in [1.807, 2.05) is 54.9 Å². The van der Waals surface area contributed by atoms with Crippen LogP contribution in [0.2, 0.25) is 0 Å². The molecular weight excluding hydrogens is 310 g/mol. The Kier molecular flexibility index (Phi) is 5.38. The zero-order chi connectivity index (χ0) is 17.0. The molecule has 1 atom stereocenters. The van der Waals surface area contributed by atoms with E-state index in [9.17, 15) is 8.42 Å². The molecule has 1 unspecified atom stereocenters. The Labute approximate surface area is 138 Å². The van der Waals surface area contributed by atoms with Gasteiger partial charge in [0.25, 0.3) is 0 Å². The maximum atomic E-state index is 12.0. The molecule has 0 radical (unpaired) electrons. The van der Waals surface area contributed by atoms with Gasteiger partial charge >= 0.3 is 0 Å². The molecule has 0 bridgehead atoms. The summed E-state index contributed by atoms with van der Waals surface area (Å²) in [5.41, 5.74) is 3.46. The van der Waals surface area contributed by atoms with Crippen molar-refractivity contribution in [2.24, 2.45) is 0 Å². The van der Waals surface area contributed by atoms with E-state index in [1.165, 1.54) is 0 Å². The number of aryl methyl sites for hydroxylation is 1. The minimum absolute atomic E-state index is 0.0473. The summed E-state index contributed by atoms with van der Waals surface area (Å²) >= 11 is 0. The lowest BCUT2D eigenvalue weighted by Gasteiger charge is -2.15. The first-order valence-corrected chi connectivity index (χ1v) is 9.17. The fraction of sp³-hybridized carbons (Fsp3) is 0.353. The first kappa shape index (κ1) is 17.4. The summed E-state index contributed by atoms with van der Waals surface area (Å²) in [4.78, 5) is 0. The summed E-state index contributed by atoms with van der Waals surface area (Å²) in [7, 11) is -3.35. The number of hydrogen-bond donors (Lipinski definition) is 1. The second-order valence-electron chi connectivity index (χ2n) is 5.96. The minimum Gasteiger partial charge on any atom is -0.238 e. The highest BCUT2D eigenvalue weighted by atomic mass is 32.2. The molecule has 0 spiro atoms. The largest absolute Gasteiger partial charge is 0.238 e. The lowest BCUT2D eigenvalue weighted by molar-refractivity contribution is 0.557. The van der Waals surface area contributed by atoms with E-state index in [2.05, 4.69) is 16.4 Å². The molecule has 1 aromatic carbocycles. The molecule has 1 aromatic heterocycles. The van der Waals surface area contributed by atoms with Crippen molar-refractivity contribution in [2.45, 2.75) is 33.2 Å². The van der Waals surface area contributed by atoms with Crippen LogP contribution in [0.3, 0.4) is 0 Å². The van der Waals surface area contributed by atoms with Crippen LogP contribution in [0.15, 0.2) is 48.6 Å². The number of para-hydroxylation sites is 1. The van der Waals surface area contributed by atoms with Crippen LogP contribution in [-0.2, 0) is 16.4 Å². The van der Waals surface area contributed by atoms with E-state index in [1.54, 1.807) is 6.92 Å². The maximum Gasteiger partial charge on any atom is 0.215 e. The standard InChI is InChI=1S/C17H23N3O2S/c1-13(2)12-23(21,22)19-15(4)11-17-10-14(3)18-20(17)16-8-6-5-7-9-16/h5-10,15,19H,1,11-12H2,2-4H3. The number of sulfonamides is 1. The summed E-state index contributed by atoms with van der Waals surface area (Å²) in [5.74, 6) is -0.0473. The van der Waals surface area contributed by atoms with Gasteiger partial charge in [-0.05, 0) is 39.0 Å². The Bertz CT molecular complexity index is 779. The number of aromatic nitrogens is 2. The highest BCUT2D eigenvalue weighted by Gasteiger charge is 2.17. The Hall–Kier alpha value is -1.92. The topological polar surface area (TPSA) is 64.0 Å². The van der Waals surface area contributed by atoms with Crippen LogP contribution in [0.4, 0.5) is 0 Å². The Morgan fingerprint density at radius 2 is 2.00 bits per heavy atom. The smallest absolute Gasteiger partial charge is 0.215 e. The van der Waals surface area contributed by atoms with Gasteiger partial charge in [-0.15, -0.1) is 0 Å². The molecule has 6 heteroatoms. The van der Waals surface area contributed by atoms with Gasteiger partial charge in [-0.3, -0.25) is 0 Å². The van der Waals surface area contributed by atoms with E-state index >= 15 is 0 Å². The monoisotopic (exact) mass is 333 g/mol. The molecule has 0 amide bonds. The number of rotatable bonds is 7. The van der Waals surface area contributed by atoms with Crippen molar-refractivity contribution in [2.75, 3.05) is 5.75 Å². The Balaban J connectivity index is 2.16. The molecule has 0 fully saturated rings. The maximum absolute atomic E-state index is 12.0. The van der Waals surface area contributed by atoms with Crippen LogP contribution in [-0.4, -0.2) is 30.0 Å². The third-order valence-corrected chi connectivity index (χ3v) is 4.87.